The van der Waals surface area contributed by atoms with E-state index in [4.69, 9.17) is 0 Å². The minimum absolute atomic E-state index is 0.153. The third-order valence-electron chi connectivity index (χ3n) is 2.55. The lowest BCUT2D eigenvalue weighted by Gasteiger charge is -2.12. The van der Waals surface area contributed by atoms with Crippen LogP contribution in [0.25, 0.3) is 0 Å². The minimum Gasteiger partial charge on any atom is -0.335 e. The lowest BCUT2D eigenvalue weighted by atomic mass is 10.2. The average molecular weight is 225 g/mol. The molecule has 1 atom stereocenters. The van der Waals surface area contributed by atoms with Crippen LogP contribution in [0.4, 0.5) is 10.6 Å². The van der Waals surface area contributed by atoms with Gasteiger partial charge in [-0.05, 0) is 32.6 Å². The number of aryl methyl sites for hydroxylation is 1. The van der Waals surface area contributed by atoms with E-state index < -0.39 is 0 Å². The monoisotopic (exact) mass is 225 g/mol. The predicted molar refractivity (Wildman–Crippen MR) is 61.2 cm³/mol. The second-order valence-electron chi connectivity index (χ2n) is 3.98. The van der Waals surface area contributed by atoms with Gasteiger partial charge < -0.3 is 5.32 Å². The van der Waals surface area contributed by atoms with E-state index in [0.717, 1.165) is 5.01 Å². The molecule has 1 aliphatic carbocycles. The zero-order chi connectivity index (χ0) is 10.8. The highest BCUT2D eigenvalue weighted by Gasteiger charge is 2.28. The molecule has 0 spiro atoms. The molecule has 1 aromatic heterocycles. The first-order valence-corrected chi connectivity index (χ1v) is 6.03. The molecule has 15 heavy (non-hydrogen) atoms. The van der Waals surface area contributed by atoms with Crippen molar-refractivity contribution in [3.05, 3.63) is 10.4 Å². The van der Waals surface area contributed by atoms with Gasteiger partial charge >= 0.3 is 6.03 Å². The van der Waals surface area contributed by atoms with Crippen molar-refractivity contribution in [2.45, 2.75) is 32.7 Å². The van der Waals surface area contributed by atoms with Crippen LogP contribution < -0.4 is 10.6 Å². The van der Waals surface area contributed by atoms with Crippen molar-refractivity contribution in [2.75, 3.05) is 5.32 Å². The first kappa shape index (κ1) is 10.4. The first-order valence-electron chi connectivity index (χ1n) is 5.15. The number of urea groups is 1. The predicted octanol–water partition coefficient (Wildman–Crippen LogP) is 2.37. The third-order valence-corrected chi connectivity index (χ3v) is 3.32. The summed E-state index contributed by atoms with van der Waals surface area (Å²) < 4.78 is 0. The molecule has 0 aliphatic heterocycles. The molecule has 2 N–H and O–H groups in total. The van der Waals surface area contributed by atoms with Gasteiger partial charge in [0.1, 0.15) is 5.82 Å². The number of hydrogen-bond acceptors (Lipinski definition) is 3. The summed E-state index contributed by atoms with van der Waals surface area (Å²) in [6.45, 7) is 3.96. The highest BCUT2D eigenvalue weighted by Crippen LogP contribution is 2.32. The zero-order valence-corrected chi connectivity index (χ0v) is 9.73. The Morgan fingerprint density at radius 3 is 2.93 bits per heavy atom. The third kappa shape index (κ3) is 2.92. The topological polar surface area (TPSA) is 54.0 Å². The number of thiazole rings is 1. The molecule has 0 bridgehead atoms. The Morgan fingerprint density at radius 1 is 1.67 bits per heavy atom. The Balaban J connectivity index is 1.81. The van der Waals surface area contributed by atoms with Crippen LogP contribution in [0, 0.1) is 12.8 Å². The van der Waals surface area contributed by atoms with Crippen LogP contribution in [0.5, 0.6) is 0 Å². The molecule has 1 heterocycles. The Morgan fingerprint density at radius 2 is 2.40 bits per heavy atom. The van der Waals surface area contributed by atoms with E-state index in [9.17, 15) is 4.79 Å². The number of aromatic nitrogens is 1. The number of nitrogens with zero attached hydrogens (tertiary/aromatic N) is 1. The van der Waals surface area contributed by atoms with Gasteiger partial charge in [-0.25, -0.2) is 9.78 Å². The summed E-state index contributed by atoms with van der Waals surface area (Å²) in [4.78, 5) is 15.7. The van der Waals surface area contributed by atoms with Crippen molar-refractivity contribution in [1.82, 2.24) is 10.3 Å². The van der Waals surface area contributed by atoms with Gasteiger partial charge in [0, 0.05) is 11.4 Å². The number of carbonyl (C=O) groups is 1. The Hall–Kier alpha value is -1.10. The quantitative estimate of drug-likeness (QED) is 0.829. The van der Waals surface area contributed by atoms with Gasteiger partial charge in [0.05, 0.1) is 5.01 Å². The van der Waals surface area contributed by atoms with Gasteiger partial charge in [-0.15, -0.1) is 11.3 Å². The summed E-state index contributed by atoms with van der Waals surface area (Å²) in [5.41, 5.74) is 0. The van der Waals surface area contributed by atoms with Crippen LogP contribution in [0.15, 0.2) is 5.38 Å². The molecule has 0 unspecified atom stereocenters. The molecular formula is C10H15N3OS. The second-order valence-corrected chi connectivity index (χ2v) is 5.04. The number of anilines is 1. The van der Waals surface area contributed by atoms with Crippen molar-refractivity contribution in [3.8, 4) is 0 Å². The highest BCUT2D eigenvalue weighted by atomic mass is 32.1. The Kier molecular flexibility index (Phi) is 2.90. The lowest BCUT2D eigenvalue weighted by molar-refractivity contribution is 0.248. The fourth-order valence-corrected chi connectivity index (χ4v) is 2.04. The van der Waals surface area contributed by atoms with Crippen molar-refractivity contribution < 1.29 is 4.79 Å². The van der Waals surface area contributed by atoms with Gasteiger partial charge in [0.25, 0.3) is 0 Å². The van der Waals surface area contributed by atoms with E-state index in [-0.39, 0.29) is 12.1 Å². The standard InChI is InChI=1S/C10H15N3OS/c1-6(8-3-4-8)11-10(14)13-9-5-15-7(2)12-9/h5-6,8H,3-4H2,1-2H3,(H2,11,13,14)/t6-/m0/s1. The van der Waals surface area contributed by atoms with Crippen molar-refractivity contribution in [1.29, 1.82) is 0 Å². The Labute approximate surface area is 93.1 Å². The van der Waals surface area contributed by atoms with Crippen LogP contribution in [0.1, 0.15) is 24.8 Å². The van der Waals surface area contributed by atoms with Crippen LogP contribution in [0.2, 0.25) is 0 Å². The maximum absolute atomic E-state index is 11.5. The fraction of sp³-hybridized carbons (Fsp3) is 0.600. The normalized spacial score (nSPS) is 17.2. The van der Waals surface area contributed by atoms with Crippen LogP contribution in [0.3, 0.4) is 0 Å². The number of nitrogens with one attached hydrogen (secondary N) is 2. The summed E-state index contributed by atoms with van der Waals surface area (Å²) >= 11 is 1.53. The van der Waals surface area contributed by atoms with Crippen molar-refractivity contribution in [3.63, 3.8) is 0 Å². The number of amides is 2. The van der Waals surface area contributed by atoms with E-state index in [2.05, 4.69) is 15.6 Å². The molecule has 0 aromatic carbocycles. The zero-order valence-electron chi connectivity index (χ0n) is 8.91. The molecule has 0 saturated heterocycles. The maximum atomic E-state index is 11.5. The molecule has 1 aliphatic rings. The van der Waals surface area contributed by atoms with Gasteiger partial charge in [-0.2, -0.15) is 0 Å². The SMILES string of the molecule is Cc1nc(NC(=O)N[C@@H](C)C2CC2)cs1. The van der Waals surface area contributed by atoms with E-state index in [1.165, 1.54) is 24.2 Å². The van der Waals surface area contributed by atoms with E-state index >= 15 is 0 Å². The van der Waals surface area contributed by atoms with Crippen LogP contribution >= 0.6 is 11.3 Å². The smallest absolute Gasteiger partial charge is 0.320 e. The van der Waals surface area contributed by atoms with Gasteiger partial charge in [0.2, 0.25) is 0 Å². The van der Waals surface area contributed by atoms with Crippen molar-refractivity contribution in [2.24, 2.45) is 5.92 Å². The molecule has 2 rings (SSSR count). The van der Waals surface area contributed by atoms with Crippen molar-refractivity contribution >= 4 is 23.2 Å². The summed E-state index contributed by atoms with van der Waals surface area (Å²) in [6, 6.07) is 0.115. The first-order chi connectivity index (χ1) is 7.15. The fourth-order valence-electron chi connectivity index (χ4n) is 1.49. The molecular weight excluding hydrogens is 210 g/mol. The summed E-state index contributed by atoms with van der Waals surface area (Å²) in [6.07, 6.45) is 2.47. The highest BCUT2D eigenvalue weighted by molar-refractivity contribution is 7.09. The largest absolute Gasteiger partial charge is 0.335 e. The van der Waals surface area contributed by atoms with Crippen LogP contribution in [-0.2, 0) is 0 Å². The lowest BCUT2D eigenvalue weighted by Crippen LogP contribution is -2.37. The van der Waals surface area contributed by atoms with Gasteiger partial charge in [-0.3, -0.25) is 5.32 Å². The molecule has 1 saturated carbocycles. The molecule has 82 valence electrons. The molecule has 1 fully saturated rings. The number of carbonyl (C=O) groups excluding carboxylic acids is 1. The van der Waals surface area contributed by atoms with E-state index in [0.29, 0.717) is 11.7 Å². The molecule has 0 radical (unpaired) electrons. The summed E-state index contributed by atoms with van der Waals surface area (Å²) in [5.74, 6) is 1.31. The summed E-state index contributed by atoms with van der Waals surface area (Å²) in [5, 5.41) is 8.44. The van der Waals surface area contributed by atoms with E-state index in [1.807, 2.05) is 19.2 Å². The van der Waals surface area contributed by atoms with E-state index in [1.54, 1.807) is 0 Å². The second kappa shape index (κ2) is 4.18. The number of hydrogen-bond donors (Lipinski definition) is 2. The van der Waals surface area contributed by atoms with Gasteiger partial charge in [0.15, 0.2) is 0 Å². The maximum Gasteiger partial charge on any atom is 0.320 e. The molecule has 1 aromatic rings. The van der Waals surface area contributed by atoms with Crippen LogP contribution in [-0.4, -0.2) is 17.1 Å². The number of rotatable bonds is 3. The molecule has 2 amide bonds. The Bertz CT molecular complexity index is 359. The molecule has 4 nitrogen and oxygen atoms in total. The minimum atomic E-state index is -0.153. The summed E-state index contributed by atoms with van der Waals surface area (Å²) in [7, 11) is 0. The average Bonchev–Trinajstić information content (AvgIpc) is 2.92. The molecule has 5 heteroatoms. The van der Waals surface area contributed by atoms with Gasteiger partial charge in [-0.1, -0.05) is 0 Å².